The van der Waals surface area contributed by atoms with Crippen LogP contribution in [0.25, 0.3) is 0 Å². The molecule has 0 spiro atoms. The van der Waals surface area contributed by atoms with E-state index in [0.29, 0.717) is 16.2 Å². The summed E-state index contributed by atoms with van der Waals surface area (Å²) in [6.07, 6.45) is 1.01. The number of thiophene rings is 1. The first-order valence-corrected chi connectivity index (χ1v) is 8.23. The number of carbonyl (C=O) groups excluding carboxylic acids is 1. The first-order chi connectivity index (χ1) is 9.69. The van der Waals surface area contributed by atoms with Crippen molar-refractivity contribution in [2.75, 3.05) is 12.9 Å². The molecule has 0 radical (unpaired) electrons. The predicted molar refractivity (Wildman–Crippen MR) is 80.6 cm³/mol. The maximum Gasteiger partial charge on any atom is 0.206 e. The molecule has 0 unspecified atom stereocenters. The molecule has 0 amide bonds. The van der Waals surface area contributed by atoms with E-state index in [1.165, 1.54) is 47.1 Å². The van der Waals surface area contributed by atoms with Gasteiger partial charge in [0.1, 0.15) is 11.6 Å². The molecule has 2 aromatic rings. The highest BCUT2D eigenvalue weighted by Crippen LogP contribution is 2.34. The summed E-state index contributed by atoms with van der Waals surface area (Å²) in [5.74, 6) is 1.89. The second-order valence-electron chi connectivity index (χ2n) is 4.54. The predicted octanol–water partition coefficient (Wildman–Crippen LogP) is 3.92. The summed E-state index contributed by atoms with van der Waals surface area (Å²) in [5, 5.41) is 0. The number of fused-ring (bicyclic) bond motifs is 1. The van der Waals surface area contributed by atoms with Gasteiger partial charge in [0.15, 0.2) is 0 Å². The number of ether oxygens (including phenoxy) is 1. The van der Waals surface area contributed by atoms with Crippen LogP contribution < -0.4 is 4.74 Å². The lowest BCUT2D eigenvalue weighted by Crippen LogP contribution is -2.02. The molecule has 0 saturated carbocycles. The van der Waals surface area contributed by atoms with E-state index >= 15 is 0 Å². The zero-order valence-electron chi connectivity index (χ0n) is 10.9. The topological polar surface area (TPSA) is 26.3 Å². The largest absolute Gasteiger partial charge is 0.496 e. The minimum Gasteiger partial charge on any atom is -0.496 e. The zero-order valence-corrected chi connectivity index (χ0v) is 12.6. The molecule has 1 aliphatic heterocycles. The molecule has 20 heavy (non-hydrogen) atoms. The van der Waals surface area contributed by atoms with Crippen LogP contribution in [0.1, 0.15) is 25.7 Å². The quantitative estimate of drug-likeness (QED) is 0.804. The number of aryl methyl sites for hydroxylation is 1. The van der Waals surface area contributed by atoms with E-state index in [4.69, 9.17) is 4.74 Å². The molecule has 2 nitrogen and oxygen atoms in total. The van der Waals surface area contributed by atoms with E-state index < -0.39 is 5.82 Å². The highest BCUT2D eigenvalue weighted by atomic mass is 32.2. The minimum absolute atomic E-state index is 0.161. The van der Waals surface area contributed by atoms with Gasteiger partial charge in [0.05, 0.1) is 17.6 Å². The summed E-state index contributed by atoms with van der Waals surface area (Å²) in [5.41, 5.74) is 1.53. The Morgan fingerprint density at radius 2 is 2.20 bits per heavy atom. The normalized spacial score (nSPS) is 13.9. The summed E-state index contributed by atoms with van der Waals surface area (Å²) in [6, 6.07) is 5.98. The van der Waals surface area contributed by atoms with Crippen molar-refractivity contribution < 1.29 is 13.9 Å². The molecule has 0 N–H and O–H groups in total. The number of methoxy groups -OCH3 is 1. The van der Waals surface area contributed by atoms with Gasteiger partial charge in [-0.1, -0.05) is 0 Å². The first-order valence-electron chi connectivity index (χ1n) is 6.26. The van der Waals surface area contributed by atoms with Gasteiger partial charge in [0.2, 0.25) is 5.78 Å². The third-order valence-corrected chi connectivity index (χ3v) is 5.50. The van der Waals surface area contributed by atoms with E-state index in [-0.39, 0.29) is 5.78 Å². The Morgan fingerprint density at radius 1 is 1.35 bits per heavy atom. The Morgan fingerprint density at radius 3 is 2.95 bits per heavy atom. The lowest BCUT2D eigenvalue weighted by Gasteiger charge is -2.08. The van der Waals surface area contributed by atoms with E-state index in [2.05, 4.69) is 0 Å². The Kier molecular flexibility index (Phi) is 3.81. The van der Waals surface area contributed by atoms with Crippen LogP contribution >= 0.6 is 23.1 Å². The number of rotatable bonds is 3. The fourth-order valence-electron chi connectivity index (χ4n) is 2.25. The van der Waals surface area contributed by atoms with E-state index in [9.17, 15) is 9.18 Å². The van der Waals surface area contributed by atoms with Crippen LogP contribution in [0, 0.1) is 5.82 Å². The molecule has 1 aliphatic rings. The molecule has 3 rings (SSSR count). The molecule has 0 bridgehead atoms. The molecule has 1 aromatic heterocycles. The Balaban J connectivity index is 2.00. The highest BCUT2D eigenvalue weighted by molar-refractivity contribution is 7.98. The van der Waals surface area contributed by atoms with Gasteiger partial charge in [-0.25, -0.2) is 4.39 Å². The van der Waals surface area contributed by atoms with Gasteiger partial charge in [0, 0.05) is 10.6 Å². The maximum atomic E-state index is 13.4. The fraction of sp³-hybridized carbons (Fsp3) is 0.267. The number of hydrogen-bond donors (Lipinski definition) is 0. The van der Waals surface area contributed by atoms with Crippen molar-refractivity contribution in [3.8, 4) is 5.75 Å². The Bertz CT molecular complexity index is 640. The van der Waals surface area contributed by atoms with Crippen LogP contribution in [0.4, 0.5) is 4.39 Å². The lowest BCUT2D eigenvalue weighted by atomic mass is 10.1. The third kappa shape index (κ3) is 2.47. The first kappa shape index (κ1) is 13.6. The molecule has 0 fully saturated rings. The standard InChI is InChI=1S/C15H13FO2S2/c1-18-12-3-2-10(16)7-11(12)15(17)14-6-9-8-19-5-4-13(9)20-14/h2-3,6-7H,4-5,8H2,1H3. The van der Waals surface area contributed by atoms with Gasteiger partial charge in [-0.05, 0) is 42.0 Å². The Labute approximate surface area is 125 Å². The van der Waals surface area contributed by atoms with Crippen LogP contribution in [0.15, 0.2) is 24.3 Å². The maximum absolute atomic E-state index is 13.4. The Hall–Kier alpha value is -1.33. The van der Waals surface area contributed by atoms with Crippen molar-refractivity contribution in [2.45, 2.75) is 12.2 Å². The highest BCUT2D eigenvalue weighted by Gasteiger charge is 2.21. The lowest BCUT2D eigenvalue weighted by molar-refractivity contribution is 0.103. The van der Waals surface area contributed by atoms with Gasteiger partial charge in [-0.15, -0.1) is 11.3 Å². The average molecular weight is 308 g/mol. The second-order valence-corrected chi connectivity index (χ2v) is 6.78. The molecule has 104 valence electrons. The molecular formula is C15H13FO2S2. The van der Waals surface area contributed by atoms with Gasteiger partial charge in [0.25, 0.3) is 0 Å². The van der Waals surface area contributed by atoms with E-state index in [1.54, 1.807) is 0 Å². The molecule has 0 atom stereocenters. The smallest absolute Gasteiger partial charge is 0.206 e. The average Bonchev–Trinajstić information content (AvgIpc) is 2.90. The van der Waals surface area contributed by atoms with Crippen molar-refractivity contribution in [1.82, 2.24) is 0 Å². The molecule has 2 heterocycles. The molecule has 1 aromatic carbocycles. The summed E-state index contributed by atoms with van der Waals surface area (Å²) in [7, 11) is 1.49. The number of hydrogen-bond acceptors (Lipinski definition) is 4. The van der Waals surface area contributed by atoms with Crippen molar-refractivity contribution in [1.29, 1.82) is 0 Å². The zero-order chi connectivity index (χ0) is 14.1. The molecule has 5 heteroatoms. The van der Waals surface area contributed by atoms with Crippen LogP contribution in [0.5, 0.6) is 5.75 Å². The van der Waals surface area contributed by atoms with Crippen molar-refractivity contribution in [3.63, 3.8) is 0 Å². The van der Waals surface area contributed by atoms with Crippen LogP contribution in [-0.4, -0.2) is 18.6 Å². The molecule has 0 saturated heterocycles. The minimum atomic E-state index is -0.425. The number of benzene rings is 1. The SMILES string of the molecule is COc1ccc(F)cc1C(=O)c1cc2c(s1)CCSC2. The number of carbonyl (C=O) groups is 1. The summed E-state index contributed by atoms with van der Waals surface area (Å²) < 4.78 is 18.5. The van der Waals surface area contributed by atoms with E-state index in [1.807, 2.05) is 17.8 Å². The van der Waals surface area contributed by atoms with Crippen molar-refractivity contribution in [2.24, 2.45) is 0 Å². The number of halogens is 1. The number of thioether (sulfide) groups is 1. The fourth-order valence-corrected chi connectivity index (χ4v) is 4.58. The van der Waals surface area contributed by atoms with Crippen molar-refractivity contribution in [3.05, 3.63) is 51.0 Å². The van der Waals surface area contributed by atoms with Crippen molar-refractivity contribution >= 4 is 28.9 Å². The molecular weight excluding hydrogens is 295 g/mol. The third-order valence-electron chi connectivity index (χ3n) is 3.26. The van der Waals surface area contributed by atoms with Gasteiger partial charge in [-0.2, -0.15) is 11.8 Å². The summed E-state index contributed by atoms with van der Waals surface area (Å²) >= 11 is 3.40. The molecule has 0 aliphatic carbocycles. The van der Waals surface area contributed by atoms with Gasteiger partial charge >= 0.3 is 0 Å². The van der Waals surface area contributed by atoms with Gasteiger partial charge < -0.3 is 4.74 Å². The second kappa shape index (κ2) is 5.58. The van der Waals surface area contributed by atoms with Gasteiger partial charge in [-0.3, -0.25) is 4.79 Å². The summed E-state index contributed by atoms with van der Waals surface area (Å²) in [6.45, 7) is 0. The summed E-state index contributed by atoms with van der Waals surface area (Å²) in [4.78, 5) is 14.5. The van der Waals surface area contributed by atoms with Crippen LogP contribution in [-0.2, 0) is 12.2 Å². The monoisotopic (exact) mass is 308 g/mol. The van der Waals surface area contributed by atoms with Crippen LogP contribution in [0.2, 0.25) is 0 Å². The van der Waals surface area contributed by atoms with E-state index in [0.717, 1.165) is 17.9 Å². The van der Waals surface area contributed by atoms with Crippen LogP contribution in [0.3, 0.4) is 0 Å². The number of ketones is 1.